The monoisotopic (exact) mass is 914 g/mol. The van der Waals surface area contributed by atoms with Gasteiger partial charge in [-0.25, -0.2) is 4.79 Å². The molecule has 14 nitrogen and oxygen atoms in total. The normalized spacial score (nSPS) is 38.2. The first-order valence-corrected chi connectivity index (χ1v) is 18.9. The molecular formula is C33H40I2O14. The second-order valence-corrected chi connectivity index (χ2v) is 18.6. The first-order chi connectivity index (χ1) is 23.2. The van der Waals surface area contributed by atoms with E-state index >= 15 is 0 Å². The molecule has 4 saturated carbocycles. The van der Waals surface area contributed by atoms with E-state index in [9.17, 15) is 33.6 Å². The molecule has 0 aromatic rings. The number of methoxy groups -OCH3 is 1. The summed E-state index contributed by atoms with van der Waals surface area (Å²) in [6.45, 7) is 4.67. The molecule has 2 heterocycles. The van der Waals surface area contributed by atoms with Crippen LogP contribution in [0.4, 0.5) is 0 Å². The molecule has 14 atom stereocenters. The minimum absolute atomic E-state index is 0.0498. The summed E-state index contributed by atoms with van der Waals surface area (Å²) >= 11 is 3.98. The fourth-order valence-corrected chi connectivity index (χ4v) is 9.61. The second-order valence-electron chi connectivity index (χ2n) is 14.1. The average molecular weight is 914 g/mol. The maximum atomic E-state index is 13.4. The van der Waals surface area contributed by atoms with Crippen LogP contribution >= 0.6 is 45.2 Å². The molecule has 4 bridgehead atoms. The van der Waals surface area contributed by atoms with Gasteiger partial charge in [-0.15, -0.1) is 0 Å². The summed E-state index contributed by atoms with van der Waals surface area (Å²) in [5.41, 5.74) is 0. The van der Waals surface area contributed by atoms with E-state index in [1.807, 2.05) is 29.5 Å². The number of carbonyl (C=O) groups excluding carboxylic acids is 7. The van der Waals surface area contributed by atoms with Gasteiger partial charge in [0.1, 0.15) is 25.2 Å². The zero-order valence-corrected chi connectivity index (χ0v) is 31.9. The number of rotatable bonds is 14. The van der Waals surface area contributed by atoms with Gasteiger partial charge >= 0.3 is 41.8 Å². The van der Waals surface area contributed by atoms with Gasteiger partial charge in [-0.2, -0.15) is 0 Å². The topological polar surface area (TPSA) is 184 Å². The molecular weight excluding hydrogens is 874 g/mol. The third-order valence-corrected chi connectivity index (χ3v) is 14.8. The Morgan fingerprint density at radius 3 is 2.04 bits per heavy atom. The molecule has 49 heavy (non-hydrogen) atoms. The highest BCUT2D eigenvalue weighted by molar-refractivity contribution is 14.1. The van der Waals surface area contributed by atoms with Crippen molar-refractivity contribution in [3.8, 4) is 0 Å². The molecule has 0 N–H and O–H groups in total. The van der Waals surface area contributed by atoms with Crippen molar-refractivity contribution in [2.75, 3.05) is 26.9 Å². The fraction of sp³-hybridized carbons (Fsp3) is 0.788. The number of carbonyl (C=O) groups is 7. The van der Waals surface area contributed by atoms with E-state index in [-0.39, 0.29) is 49.3 Å². The Kier molecular flexibility index (Phi) is 10.2. The number of fused-ring (bicyclic) bond motifs is 2. The Hall–Kier alpha value is -2.25. The van der Waals surface area contributed by atoms with Crippen molar-refractivity contribution in [1.82, 2.24) is 0 Å². The van der Waals surface area contributed by atoms with Crippen LogP contribution in [0.3, 0.4) is 0 Å². The molecule has 6 fully saturated rings. The van der Waals surface area contributed by atoms with Crippen molar-refractivity contribution >= 4 is 87.0 Å². The van der Waals surface area contributed by atoms with Gasteiger partial charge in [0.2, 0.25) is 0 Å². The summed E-state index contributed by atoms with van der Waals surface area (Å²) in [7, 11) is 1.24. The van der Waals surface area contributed by atoms with Crippen LogP contribution in [0.15, 0.2) is 0 Å². The number of halogens is 2. The Morgan fingerprint density at radius 1 is 0.796 bits per heavy atom. The van der Waals surface area contributed by atoms with Gasteiger partial charge in [0.25, 0.3) is 0 Å². The summed E-state index contributed by atoms with van der Waals surface area (Å²) in [5, 5.41) is 0. The molecule has 2 saturated heterocycles. The SMILES string of the molecule is CCC(C)(I)C(=O)OCC1C2CC3C1OC(=O)C3C2C(=O)OCCC(I)(CC)C(=O)OCC(=O)OC1C2CC3C1OC(=O)C3C2C(=O)OC. The standard InChI is InChI=1S/C33H40I2O14/c1-5-32(3,34)30(41)45-11-17-13-9-14-21(28(39)48-23(14)17)19(13)27(38)44-8-7-33(35,6-2)31(42)46-12-18(36)47-24-15-10-16-22(20(15)26(37)43-4)29(40)49-25(16)24/h13-17,19-25H,5-12H2,1-4H3. The molecule has 16 heteroatoms. The lowest BCUT2D eigenvalue weighted by Crippen LogP contribution is -2.44. The highest BCUT2D eigenvalue weighted by Gasteiger charge is 2.71. The molecule has 0 aromatic heterocycles. The molecule has 2 aliphatic heterocycles. The van der Waals surface area contributed by atoms with Gasteiger partial charge in [0.05, 0.1) is 44.0 Å². The lowest BCUT2D eigenvalue weighted by Gasteiger charge is -2.31. The molecule has 6 aliphatic rings. The van der Waals surface area contributed by atoms with E-state index in [1.165, 1.54) is 7.11 Å². The third-order valence-electron chi connectivity index (χ3n) is 11.8. The molecule has 14 unspecified atom stereocenters. The maximum absolute atomic E-state index is 13.4. The van der Waals surface area contributed by atoms with Gasteiger partial charge in [-0.1, -0.05) is 59.0 Å². The van der Waals surface area contributed by atoms with E-state index in [1.54, 1.807) is 13.8 Å². The van der Waals surface area contributed by atoms with Crippen molar-refractivity contribution in [1.29, 1.82) is 0 Å². The van der Waals surface area contributed by atoms with Crippen LogP contribution in [-0.2, 0) is 66.7 Å². The van der Waals surface area contributed by atoms with E-state index < -0.39 is 97.2 Å². The van der Waals surface area contributed by atoms with E-state index in [0.717, 1.165) is 0 Å². The van der Waals surface area contributed by atoms with Crippen LogP contribution in [0.1, 0.15) is 52.9 Å². The van der Waals surface area contributed by atoms with Crippen molar-refractivity contribution in [3.05, 3.63) is 0 Å². The summed E-state index contributed by atoms with van der Waals surface area (Å²) in [4.78, 5) is 89.5. The molecule has 4 aliphatic carbocycles. The highest BCUT2D eigenvalue weighted by atomic mass is 127. The molecule has 0 amide bonds. The van der Waals surface area contributed by atoms with Crippen LogP contribution in [0.25, 0.3) is 0 Å². The molecule has 0 spiro atoms. The summed E-state index contributed by atoms with van der Waals surface area (Å²) in [6.07, 6.45) is 0.173. The largest absolute Gasteiger partial charge is 0.469 e. The number of hydrogen-bond donors (Lipinski definition) is 0. The zero-order chi connectivity index (χ0) is 35.6. The molecule has 0 radical (unpaired) electrons. The van der Waals surface area contributed by atoms with Crippen molar-refractivity contribution < 1.29 is 66.7 Å². The maximum Gasteiger partial charge on any atom is 0.344 e. The van der Waals surface area contributed by atoms with Crippen LogP contribution in [0.5, 0.6) is 0 Å². The van der Waals surface area contributed by atoms with E-state index in [2.05, 4.69) is 22.6 Å². The Bertz CT molecular complexity index is 1430. The predicted molar refractivity (Wildman–Crippen MR) is 180 cm³/mol. The van der Waals surface area contributed by atoms with Crippen molar-refractivity contribution in [2.24, 2.45) is 53.3 Å². The number of hydrogen-bond acceptors (Lipinski definition) is 14. The molecule has 0 aromatic carbocycles. The lowest BCUT2D eigenvalue weighted by atomic mass is 9.74. The lowest BCUT2D eigenvalue weighted by molar-refractivity contribution is -0.172. The Morgan fingerprint density at radius 2 is 1.41 bits per heavy atom. The van der Waals surface area contributed by atoms with Crippen LogP contribution in [0.2, 0.25) is 0 Å². The highest BCUT2D eigenvalue weighted by Crippen LogP contribution is 2.61. The first-order valence-electron chi connectivity index (χ1n) is 16.7. The minimum Gasteiger partial charge on any atom is -0.469 e. The zero-order valence-electron chi connectivity index (χ0n) is 27.6. The van der Waals surface area contributed by atoms with Gasteiger partial charge in [0.15, 0.2) is 6.61 Å². The van der Waals surface area contributed by atoms with Gasteiger partial charge in [0, 0.05) is 30.1 Å². The average Bonchev–Trinajstić information content (AvgIpc) is 3.89. The second kappa shape index (κ2) is 13.7. The van der Waals surface area contributed by atoms with Gasteiger partial charge in [-0.3, -0.25) is 28.8 Å². The molecule has 270 valence electrons. The summed E-state index contributed by atoms with van der Waals surface area (Å²) in [6, 6.07) is 0. The Labute approximate surface area is 310 Å². The van der Waals surface area contributed by atoms with E-state index in [0.29, 0.717) is 25.7 Å². The summed E-state index contributed by atoms with van der Waals surface area (Å²) < 4.78 is 36.3. The quantitative estimate of drug-likeness (QED) is 0.107. The predicted octanol–water partition coefficient (Wildman–Crippen LogP) is 2.51. The van der Waals surface area contributed by atoms with Crippen molar-refractivity contribution in [2.45, 2.75) is 78.0 Å². The smallest absolute Gasteiger partial charge is 0.344 e. The van der Waals surface area contributed by atoms with E-state index in [4.69, 9.17) is 33.2 Å². The van der Waals surface area contributed by atoms with Crippen LogP contribution < -0.4 is 0 Å². The van der Waals surface area contributed by atoms with Crippen LogP contribution in [-0.4, -0.2) is 93.9 Å². The first kappa shape index (κ1) is 36.5. The van der Waals surface area contributed by atoms with Crippen molar-refractivity contribution in [3.63, 3.8) is 0 Å². The number of alkyl halides is 2. The fourth-order valence-electron chi connectivity index (χ4n) is 9.07. The Balaban J connectivity index is 0.995. The molecule has 6 rings (SSSR count). The van der Waals surface area contributed by atoms with Gasteiger partial charge < -0.3 is 33.2 Å². The summed E-state index contributed by atoms with van der Waals surface area (Å²) in [5.74, 6) is -8.01. The third kappa shape index (κ3) is 6.21. The number of ether oxygens (including phenoxy) is 7. The van der Waals surface area contributed by atoms with Crippen LogP contribution in [0, 0.1) is 53.3 Å². The number of esters is 7. The van der Waals surface area contributed by atoms with Gasteiger partial charge in [-0.05, 0) is 38.5 Å². The minimum atomic E-state index is -1.14.